The number of aliphatic hydroxyl groups is 1. The maximum absolute atomic E-state index is 13.8. The van der Waals surface area contributed by atoms with Crippen molar-refractivity contribution in [3.05, 3.63) is 89.1 Å². The molecular formula is C27H26FN3O4. The van der Waals surface area contributed by atoms with Crippen molar-refractivity contribution >= 4 is 28.8 Å². The van der Waals surface area contributed by atoms with Crippen LogP contribution in [0.2, 0.25) is 0 Å². The minimum absolute atomic E-state index is 0.0981. The molecule has 2 fully saturated rings. The van der Waals surface area contributed by atoms with Gasteiger partial charge in [-0.1, -0.05) is 0 Å². The van der Waals surface area contributed by atoms with Crippen molar-refractivity contribution in [2.45, 2.75) is 13.0 Å². The number of ketones is 1. The Hall–Kier alpha value is -3.91. The smallest absolute Gasteiger partial charge is 0.300 e. The monoisotopic (exact) mass is 475 g/mol. The first-order chi connectivity index (χ1) is 16.8. The van der Waals surface area contributed by atoms with Crippen LogP contribution in [0.5, 0.6) is 0 Å². The zero-order valence-electron chi connectivity index (χ0n) is 19.6. The number of furan rings is 1. The summed E-state index contributed by atoms with van der Waals surface area (Å²) in [5, 5.41) is 11.1. The summed E-state index contributed by atoms with van der Waals surface area (Å²) in [5.41, 5.74) is 2.02. The van der Waals surface area contributed by atoms with Crippen LogP contribution in [0.3, 0.4) is 0 Å². The SMILES string of the molecule is Cc1cc(/C(O)=C2/C(=O)C(=O)N(c3ccc(N4CCN(C)CC4)cc3)C2c2ccco2)ccc1F. The number of rotatable bonds is 4. The van der Waals surface area contributed by atoms with E-state index >= 15 is 0 Å². The second kappa shape index (κ2) is 9.03. The lowest BCUT2D eigenvalue weighted by Crippen LogP contribution is -2.44. The number of Topliss-reactive ketones (excluding diaryl/α,β-unsaturated/α-hetero) is 1. The van der Waals surface area contributed by atoms with Gasteiger partial charge in [0.1, 0.15) is 23.4 Å². The Morgan fingerprint density at radius 3 is 2.31 bits per heavy atom. The van der Waals surface area contributed by atoms with Crippen LogP contribution < -0.4 is 9.80 Å². The molecule has 1 N–H and O–H groups in total. The van der Waals surface area contributed by atoms with Crippen LogP contribution >= 0.6 is 0 Å². The van der Waals surface area contributed by atoms with Crippen molar-refractivity contribution < 1.29 is 23.5 Å². The van der Waals surface area contributed by atoms with Gasteiger partial charge in [-0.2, -0.15) is 0 Å². The van der Waals surface area contributed by atoms with Gasteiger partial charge in [0.25, 0.3) is 11.7 Å². The first-order valence-electron chi connectivity index (χ1n) is 11.5. The number of amides is 1. The summed E-state index contributed by atoms with van der Waals surface area (Å²) in [5.74, 6) is -2.05. The Kier molecular flexibility index (Phi) is 5.90. The number of halogens is 1. The summed E-state index contributed by atoms with van der Waals surface area (Å²) < 4.78 is 19.4. The molecule has 2 saturated heterocycles. The van der Waals surface area contributed by atoms with Gasteiger partial charge in [0, 0.05) is 43.1 Å². The Morgan fingerprint density at radius 1 is 1.00 bits per heavy atom. The van der Waals surface area contributed by atoms with E-state index in [-0.39, 0.29) is 16.9 Å². The Bertz CT molecular complexity index is 1290. The first kappa shape index (κ1) is 22.9. The molecule has 0 aliphatic carbocycles. The number of carbonyl (C=O) groups is 2. The van der Waals surface area contributed by atoms with E-state index in [1.165, 1.54) is 29.4 Å². The molecule has 0 spiro atoms. The van der Waals surface area contributed by atoms with Crippen LogP contribution in [0.1, 0.15) is 22.9 Å². The second-order valence-corrected chi connectivity index (χ2v) is 8.96. The molecule has 1 amide bonds. The number of piperazine rings is 1. The lowest BCUT2D eigenvalue weighted by molar-refractivity contribution is -0.132. The molecule has 3 heterocycles. The predicted octanol–water partition coefficient (Wildman–Crippen LogP) is 4.11. The summed E-state index contributed by atoms with van der Waals surface area (Å²) in [4.78, 5) is 32.3. The first-order valence-corrected chi connectivity index (χ1v) is 11.5. The maximum atomic E-state index is 13.8. The molecule has 3 aromatic rings. The standard InChI is InChI=1S/C27H26FN3O4/c1-17-16-18(5-10-21(17)28)25(32)23-24(22-4-3-15-35-22)31(27(34)26(23)33)20-8-6-19(7-9-20)30-13-11-29(2)12-14-30/h3-10,15-16,24,32H,11-14H2,1-2H3/b25-23-. The highest BCUT2D eigenvalue weighted by Gasteiger charge is 2.48. The van der Waals surface area contributed by atoms with Gasteiger partial charge in [-0.3, -0.25) is 14.5 Å². The van der Waals surface area contributed by atoms with Gasteiger partial charge in [-0.15, -0.1) is 0 Å². The normalized spacial score (nSPS) is 20.6. The molecule has 5 rings (SSSR count). The molecule has 2 aliphatic rings. The van der Waals surface area contributed by atoms with Gasteiger partial charge in [-0.25, -0.2) is 4.39 Å². The topological polar surface area (TPSA) is 77.2 Å². The van der Waals surface area contributed by atoms with Crippen LogP contribution in [0, 0.1) is 12.7 Å². The van der Waals surface area contributed by atoms with Crippen LogP contribution in [-0.4, -0.2) is 54.9 Å². The number of nitrogens with zero attached hydrogens (tertiary/aromatic N) is 3. The largest absolute Gasteiger partial charge is 0.507 e. The number of anilines is 2. The van der Waals surface area contributed by atoms with E-state index < -0.39 is 23.5 Å². The number of hydrogen-bond acceptors (Lipinski definition) is 6. The number of aryl methyl sites for hydroxylation is 1. The molecule has 35 heavy (non-hydrogen) atoms. The second-order valence-electron chi connectivity index (χ2n) is 8.96. The van der Waals surface area contributed by atoms with Crippen LogP contribution in [0.15, 0.2) is 70.9 Å². The molecule has 1 aromatic heterocycles. The van der Waals surface area contributed by atoms with E-state index in [0.29, 0.717) is 17.0 Å². The molecule has 1 unspecified atom stereocenters. The number of carbonyl (C=O) groups excluding carboxylic acids is 2. The molecule has 0 radical (unpaired) electrons. The summed E-state index contributed by atoms with van der Waals surface area (Å²) in [6, 6.07) is 13.9. The molecule has 7 nitrogen and oxygen atoms in total. The van der Waals surface area contributed by atoms with Gasteiger partial charge < -0.3 is 19.3 Å². The molecule has 0 bridgehead atoms. The van der Waals surface area contributed by atoms with Gasteiger partial charge in [0.2, 0.25) is 0 Å². The Labute approximate surface area is 202 Å². The van der Waals surface area contributed by atoms with Crippen molar-refractivity contribution in [3.63, 3.8) is 0 Å². The summed E-state index contributed by atoms with van der Waals surface area (Å²) in [6.45, 7) is 5.32. The van der Waals surface area contributed by atoms with Crippen LogP contribution in [0.25, 0.3) is 5.76 Å². The molecule has 180 valence electrons. The fourth-order valence-electron chi connectivity index (χ4n) is 4.65. The molecular weight excluding hydrogens is 449 g/mol. The average molecular weight is 476 g/mol. The lowest BCUT2D eigenvalue weighted by atomic mass is 9.98. The number of benzene rings is 2. The fraction of sp³-hybridized carbons (Fsp3) is 0.259. The average Bonchev–Trinajstić information content (AvgIpc) is 3.48. The zero-order valence-corrected chi connectivity index (χ0v) is 19.6. The van der Waals surface area contributed by atoms with E-state index in [4.69, 9.17) is 4.42 Å². The Balaban J connectivity index is 1.55. The van der Waals surface area contributed by atoms with Crippen molar-refractivity contribution in [1.29, 1.82) is 0 Å². The van der Waals surface area contributed by atoms with Gasteiger partial charge >= 0.3 is 0 Å². The van der Waals surface area contributed by atoms with Gasteiger partial charge in [0.05, 0.1) is 11.8 Å². The highest BCUT2D eigenvalue weighted by atomic mass is 19.1. The van der Waals surface area contributed by atoms with E-state index in [9.17, 15) is 19.1 Å². The van der Waals surface area contributed by atoms with E-state index in [2.05, 4.69) is 16.8 Å². The minimum Gasteiger partial charge on any atom is -0.507 e. The maximum Gasteiger partial charge on any atom is 0.300 e. The number of aliphatic hydroxyl groups excluding tert-OH is 1. The van der Waals surface area contributed by atoms with Gasteiger partial charge in [-0.05, 0) is 74.1 Å². The van der Waals surface area contributed by atoms with Gasteiger partial charge in [0.15, 0.2) is 0 Å². The predicted molar refractivity (Wildman–Crippen MR) is 131 cm³/mol. The third-order valence-corrected chi connectivity index (χ3v) is 6.68. The number of hydrogen-bond donors (Lipinski definition) is 1. The zero-order chi connectivity index (χ0) is 24.7. The highest BCUT2D eigenvalue weighted by molar-refractivity contribution is 6.51. The summed E-state index contributed by atoms with van der Waals surface area (Å²) in [7, 11) is 2.10. The molecule has 2 aliphatic heterocycles. The summed E-state index contributed by atoms with van der Waals surface area (Å²) in [6.07, 6.45) is 1.45. The molecule has 2 aromatic carbocycles. The minimum atomic E-state index is -0.954. The van der Waals surface area contributed by atoms with Crippen LogP contribution in [-0.2, 0) is 9.59 Å². The van der Waals surface area contributed by atoms with E-state index in [1.807, 2.05) is 12.1 Å². The fourth-order valence-corrected chi connectivity index (χ4v) is 4.65. The van der Waals surface area contributed by atoms with E-state index in [0.717, 1.165) is 31.9 Å². The molecule has 0 saturated carbocycles. The highest BCUT2D eigenvalue weighted by Crippen LogP contribution is 2.42. The third-order valence-electron chi connectivity index (χ3n) is 6.68. The quantitative estimate of drug-likeness (QED) is 0.348. The van der Waals surface area contributed by atoms with Crippen molar-refractivity contribution in [1.82, 2.24) is 4.90 Å². The summed E-state index contributed by atoms with van der Waals surface area (Å²) >= 11 is 0. The van der Waals surface area contributed by atoms with E-state index in [1.54, 1.807) is 31.2 Å². The number of likely N-dealkylation sites (N-methyl/N-ethyl adjacent to an activating group) is 1. The Morgan fingerprint density at radius 2 is 1.69 bits per heavy atom. The van der Waals surface area contributed by atoms with Crippen molar-refractivity contribution in [2.75, 3.05) is 43.0 Å². The van der Waals surface area contributed by atoms with Crippen molar-refractivity contribution in [3.8, 4) is 0 Å². The third kappa shape index (κ3) is 4.10. The van der Waals surface area contributed by atoms with Crippen molar-refractivity contribution in [2.24, 2.45) is 0 Å². The molecule has 8 heteroatoms. The lowest BCUT2D eigenvalue weighted by Gasteiger charge is -2.34. The van der Waals surface area contributed by atoms with Crippen LogP contribution in [0.4, 0.5) is 15.8 Å². The molecule has 1 atom stereocenters.